The smallest absolute Gasteiger partial charge is 0.229 e. The van der Waals surface area contributed by atoms with Crippen molar-refractivity contribution in [3.05, 3.63) is 18.2 Å². The van der Waals surface area contributed by atoms with Gasteiger partial charge in [-0.2, -0.15) is 10.1 Å². The minimum Gasteiger partial charge on any atom is -0.393 e. The van der Waals surface area contributed by atoms with Crippen LogP contribution in [-0.4, -0.2) is 31.1 Å². The molecule has 0 bridgehead atoms. The summed E-state index contributed by atoms with van der Waals surface area (Å²) < 4.78 is 6.79. The van der Waals surface area contributed by atoms with Crippen molar-refractivity contribution in [2.24, 2.45) is 13.0 Å². The summed E-state index contributed by atoms with van der Waals surface area (Å²) in [6.45, 7) is 4.13. The molecule has 0 saturated carbocycles. The fourth-order valence-corrected chi connectivity index (χ4v) is 1.81. The van der Waals surface area contributed by atoms with E-state index in [2.05, 4.69) is 29.1 Å². The molecule has 0 aliphatic carbocycles. The van der Waals surface area contributed by atoms with Crippen LogP contribution in [-0.2, 0) is 13.5 Å². The Morgan fingerprint density at radius 2 is 2.22 bits per heavy atom. The molecule has 1 N–H and O–H groups in total. The molecule has 0 fully saturated rings. The van der Waals surface area contributed by atoms with Crippen molar-refractivity contribution in [1.82, 2.24) is 19.9 Å². The third-order valence-electron chi connectivity index (χ3n) is 2.56. The highest BCUT2D eigenvalue weighted by molar-refractivity contribution is 5.46. The van der Waals surface area contributed by atoms with Crippen LogP contribution in [0.25, 0.3) is 11.5 Å². The maximum Gasteiger partial charge on any atom is 0.229 e. The Bertz CT molecular complexity index is 504. The number of nitrogens with zero attached hydrogens (tertiary/aromatic N) is 4. The zero-order valence-corrected chi connectivity index (χ0v) is 10.9. The zero-order valence-electron chi connectivity index (χ0n) is 10.9. The molecule has 0 amide bonds. The van der Waals surface area contributed by atoms with Gasteiger partial charge in [0, 0.05) is 13.2 Å². The standard InChI is InChI=1S/C12H18N4O2/c1-8(2)6-9(17)7-11-13-12(15-18-11)10-4-5-16(3)14-10/h4-5,8-9,17H,6-7H2,1-3H3. The summed E-state index contributed by atoms with van der Waals surface area (Å²) in [7, 11) is 1.83. The first-order valence-electron chi connectivity index (χ1n) is 6.05. The van der Waals surface area contributed by atoms with E-state index < -0.39 is 6.10 Å². The molecule has 0 aromatic carbocycles. The third-order valence-corrected chi connectivity index (χ3v) is 2.56. The summed E-state index contributed by atoms with van der Waals surface area (Å²) in [6.07, 6.45) is 2.49. The van der Waals surface area contributed by atoms with Gasteiger partial charge in [-0.15, -0.1) is 0 Å². The van der Waals surface area contributed by atoms with Gasteiger partial charge in [-0.1, -0.05) is 19.0 Å². The van der Waals surface area contributed by atoms with Gasteiger partial charge in [-0.05, 0) is 18.4 Å². The average Bonchev–Trinajstić information content (AvgIpc) is 2.85. The van der Waals surface area contributed by atoms with Crippen LogP contribution in [0.4, 0.5) is 0 Å². The summed E-state index contributed by atoms with van der Waals surface area (Å²) in [5, 5.41) is 17.9. The molecule has 0 spiro atoms. The van der Waals surface area contributed by atoms with Crippen LogP contribution >= 0.6 is 0 Å². The van der Waals surface area contributed by atoms with Gasteiger partial charge in [0.15, 0.2) is 0 Å². The van der Waals surface area contributed by atoms with Crippen LogP contribution in [0.2, 0.25) is 0 Å². The van der Waals surface area contributed by atoms with Crippen molar-refractivity contribution >= 4 is 0 Å². The van der Waals surface area contributed by atoms with Crippen molar-refractivity contribution in [3.8, 4) is 11.5 Å². The second kappa shape index (κ2) is 5.30. The summed E-state index contributed by atoms with van der Waals surface area (Å²) in [4.78, 5) is 4.23. The predicted octanol–water partition coefficient (Wildman–Crippen LogP) is 1.42. The maximum absolute atomic E-state index is 9.81. The zero-order chi connectivity index (χ0) is 13.1. The van der Waals surface area contributed by atoms with Crippen LogP contribution in [0.1, 0.15) is 26.2 Å². The SMILES string of the molecule is CC(C)CC(O)Cc1nc(-c2ccn(C)n2)no1. The highest BCUT2D eigenvalue weighted by atomic mass is 16.5. The Kier molecular flexibility index (Phi) is 3.76. The normalized spacial score (nSPS) is 13.2. The number of hydrogen-bond acceptors (Lipinski definition) is 5. The Morgan fingerprint density at radius 3 is 2.83 bits per heavy atom. The quantitative estimate of drug-likeness (QED) is 0.868. The van der Waals surface area contributed by atoms with E-state index in [1.54, 1.807) is 4.68 Å². The Balaban J connectivity index is 2.02. The van der Waals surface area contributed by atoms with Gasteiger partial charge in [-0.3, -0.25) is 4.68 Å². The van der Waals surface area contributed by atoms with Gasteiger partial charge < -0.3 is 9.63 Å². The molecular formula is C12H18N4O2. The van der Waals surface area contributed by atoms with E-state index in [1.165, 1.54) is 0 Å². The average molecular weight is 250 g/mol. The van der Waals surface area contributed by atoms with Crippen molar-refractivity contribution in [2.45, 2.75) is 32.8 Å². The topological polar surface area (TPSA) is 77.0 Å². The third kappa shape index (κ3) is 3.16. The molecule has 1 unspecified atom stereocenters. The van der Waals surface area contributed by atoms with Crippen LogP contribution < -0.4 is 0 Å². The number of rotatable bonds is 5. The van der Waals surface area contributed by atoms with Gasteiger partial charge in [0.25, 0.3) is 0 Å². The highest BCUT2D eigenvalue weighted by Gasteiger charge is 2.15. The van der Waals surface area contributed by atoms with Gasteiger partial charge in [0.1, 0.15) is 5.69 Å². The first kappa shape index (κ1) is 12.8. The minimum atomic E-state index is -0.443. The van der Waals surface area contributed by atoms with E-state index in [4.69, 9.17) is 4.52 Å². The number of aliphatic hydroxyl groups is 1. The molecule has 2 aromatic rings. The molecule has 0 aliphatic heterocycles. The lowest BCUT2D eigenvalue weighted by Crippen LogP contribution is -2.13. The van der Waals surface area contributed by atoms with E-state index >= 15 is 0 Å². The molecule has 6 heteroatoms. The van der Waals surface area contributed by atoms with Gasteiger partial charge in [-0.25, -0.2) is 0 Å². The van der Waals surface area contributed by atoms with E-state index in [9.17, 15) is 5.11 Å². The number of aliphatic hydroxyl groups excluding tert-OH is 1. The second-order valence-electron chi connectivity index (χ2n) is 4.87. The lowest BCUT2D eigenvalue weighted by Gasteiger charge is -2.09. The van der Waals surface area contributed by atoms with E-state index in [0.717, 1.165) is 6.42 Å². The monoisotopic (exact) mass is 250 g/mol. The molecule has 98 valence electrons. The lowest BCUT2D eigenvalue weighted by molar-refractivity contribution is 0.138. The first-order valence-corrected chi connectivity index (χ1v) is 6.05. The van der Waals surface area contributed by atoms with Crippen molar-refractivity contribution in [2.75, 3.05) is 0 Å². The Morgan fingerprint density at radius 1 is 1.44 bits per heavy atom. The largest absolute Gasteiger partial charge is 0.393 e. The van der Waals surface area contributed by atoms with Crippen LogP contribution in [0.5, 0.6) is 0 Å². The molecule has 0 saturated heterocycles. The Labute approximate surface area is 106 Å². The van der Waals surface area contributed by atoms with Gasteiger partial charge in [0.2, 0.25) is 11.7 Å². The fourth-order valence-electron chi connectivity index (χ4n) is 1.81. The van der Waals surface area contributed by atoms with Crippen molar-refractivity contribution in [1.29, 1.82) is 0 Å². The highest BCUT2D eigenvalue weighted by Crippen LogP contribution is 2.15. The van der Waals surface area contributed by atoms with Crippen LogP contribution in [0, 0.1) is 5.92 Å². The van der Waals surface area contributed by atoms with E-state index in [0.29, 0.717) is 29.7 Å². The maximum atomic E-state index is 9.81. The molecule has 2 heterocycles. The number of aryl methyl sites for hydroxylation is 1. The molecule has 18 heavy (non-hydrogen) atoms. The molecule has 0 aliphatic rings. The van der Waals surface area contributed by atoms with E-state index in [1.807, 2.05) is 19.3 Å². The molecule has 0 radical (unpaired) electrons. The summed E-state index contributed by atoms with van der Waals surface area (Å²) in [5.41, 5.74) is 0.672. The minimum absolute atomic E-state index is 0.387. The number of hydrogen-bond donors (Lipinski definition) is 1. The van der Waals surface area contributed by atoms with Gasteiger partial charge in [0.05, 0.1) is 12.5 Å². The molecule has 1 atom stereocenters. The summed E-state index contributed by atoms with van der Waals surface area (Å²) in [6, 6.07) is 1.82. The summed E-state index contributed by atoms with van der Waals surface area (Å²) >= 11 is 0. The predicted molar refractivity (Wildman–Crippen MR) is 65.7 cm³/mol. The number of aromatic nitrogens is 4. The summed E-state index contributed by atoms with van der Waals surface area (Å²) in [5.74, 6) is 1.35. The first-order chi connectivity index (χ1) is 8.54. The Hall–Kier alpha value is -1.69. The second-order valence-corrected chi connectivity index (χ2v) is 4.87. The van der Waals surface area contributed by atoms with Crippen LogP contribution in [0.15, 0.2) is 16.8 Å². The van der Waals surface area contributed by atoms with Crippen LogP contribution in [0.3, 0.4) is 0 Å². The van der Waals surface area contributed by atoms with Gasteiger partial charge >= 0.3 is 0 Å². The van der Waals surface area contributed by atoms with E-state index in [-0.39, 0.29) is 0 Å². The van der Waals surface area contributed by atoms with Crippen molar-refractivity contribution in [3.63, 3.8) is 0 Å². The molecule has 2 aromatic heterocycles. The molecule has 2 rings (SSSR count). The molecule has 6 nitrogen and oxygen atoms in total. The van der Waals surface area contributed by atoms with Crippen molar-refractivity contribution < 1.29 is 9.63 Å². The molecular weight excluding hydrogens is 232 g/mol. The lowest BCUT2D eigenvalue weighted by atomic mass is 10.0. The fraction of sp³-hybridized carbons (Fsp3) is 0.583.